The Labute approximate surface area is 199 Å². The molecule has 0 spiro atoms. The van der Waals surface area contributed by atoms with Crippen LogP contribution in [0.25, 0.3) is 6.08 Å². The zero-order chi connectivity index (χ0) is 24.4. The van der Waals surface area contributed by atoms with Gasteiger partial charge in [-0.25, -0.2) is 4.90 Å². The van der Waals surface area contributed by atoms with E-state index in [1.54, 1.807) is 30.2 Å². The third-order valence-electron chi connectivity index (χ3n) is 7.13. The van der Waals surface area contributed by atoms with E-state index in [9.17, 15) is 24.5 Å². The summed E-state index contributed by atoms with van der Waals surface area (Å²) in [7, 11) is 0. The Morgan fingerprint density at radius 2 is 1.80 bits per heavy atom. The van der Waals surface area contributed by atoms with Gasteiger partial charge >= 0.3 is 0 Å². The van der Waals surface area contributed by atoms with Crippen LogP contribution in [-0.4, -0.2) is 33.5 Å². The van der Waals surface area contributed by atoms with E-state index in [2.05, 4.69) is 0 Å². The number of aryl methyl sites for hydroxylation is 1. The Balaban J connectivity index is 1.49. The molecule has 2 amide bonds. The summed E-state index contributed by atoms with van der Waals surface area (Å²) in [5.41, 5.74) is 2.37. The lowest BCUT2D eigenvalue weighted by molar-refractivity contribution is -0.384. The molecule has 35 heavy (non-hydrogen) atoms. The van der Waals surface area contributed by atoms with E-state index in [1.165, 1.54) is 24.5 Å². The van der Waals surface area contributed by atoms with Crippen molar-refractivity contribution in [3.63, 3.8) is 0 Å². The van der Waals surface area contributed by atoms with Crippen molar-refractivity contribution in [2.24, 2.45) is 11.8 Å². The number of nitro groups is 1. The fraction of sp³-hybridized carbons (Fsp3) is 0.192. The molecule has 3 aliphatic rings. The van der Waals surface area contributed by atoms with Crippen LogP contribution in [0.2, 0.25) is 0 Å². The number of benzene rings is 2. The standard InChI is InChI=1S/C26H19N3O6/c1-14-13-16(29(33)34)8-9-18(14)28-25(31)20-21(26(28)32)23(24(30)19-7-4-12-35-19)27-11-10-15-5-2-3-6-17(15)22(20)27/h2-13,20-23H,1H3/t20-,21+,22+,23+/m0/s1. The first-order valence-electron chi connectivity index (χ1n) is 11.1. The van der Waals surface area contributed by atoms with Crippen molar-refractivity contribution < 1.29 is 23.7 Å². The molecule has 0 N–H and O–H groups in total. The van der Waals surface area contributed by atoms with Crippen LogP contribution in [0, 0.1) is 28.9 Å². The minimum atomic E-state index is -0.935. The number of nitro benzene ring substituents is 1. The van der Waals surface area contributed by atoms with Gasteiger partial charge in [0.25, 0.3) is 5.69 Å². The number of hydrogen-bond donors (Lipinski definition) is 0. The molecule has 0 saturated carbocycles. The van der Waals surface area contributed by atoms with E-state index in [1.807, 2.05) is 30.3 Å². The van der Waals surface area contributed by atoms with Crippen molar-refractivity contribution in [2.45, 2.75) is 19.0 Å². The van der Waals surface area contributed by atoms with Crippen molar-refractivity contribution in [1.29, 1.82) is 0 Å². The molecule has 4 atom stereocenters. The first kappa shape index (κ1) is 21.0. The summed E-state index contributed by atoms with van der Waals surface area (Å²) in [4.78, 5) is 54.8. The highest BCUT2D eigenvalue weighted by molar-refractivity contribution is 6.25. The molecule has 2 fully saturated rings. The summed E-state index contributed by atoms with van der Waals surface area (Å²) >= 11 is 0. The van der Waals surface area contributed by atoms with Crippen LogP contribution >= 0.6 is 0 Å². The number of ketones is 1. The lowest BCUT2D eigenvalue weighted by Gasteiger charge is -2.35. The molecule has 3 aromatic rings. The smallest absolute Gasteiger partial charge is 0.269 e. The third-order valence-corrected chi connectivity index (χ3v) is 7.13. The molecule has 174 valence electrons. The zero-order valence-corrected chi connectivity index (χ0v) is 18.5. The largest absolute Gasteiger partial charge is 0.461 e. The maximum atomic E-state index is 13.9. The lowest BCUT2D eigenvalue weighted by atomic mass is 9.84. The summed E-state index contributed by atoms with van der Waals surface area (Å²) < 4.78 is 5.36. The van der Waals surface area contributed by atoms with Crippen LogP contribution in [0.5, 0.6) is 0 Å². The number of fused-ring (bicyclic) bond motifs is 5. The van der Waals surface area contributed by atoms with Crippen molar-refractivity contribution >= 4 is 35.0 Å². The maximum absolute atomic E-state index is 13.9. The van der Waals surface area contributed by atoms with Gasteiger partial charge in [-0.1, -0.05) is 24.3 Å². The van der Waals surface area contributed by atoms with Gasteiger partial charge in [-0.3, -0.25) is 24.5 Å². The van der Waals surface area contributed by atoms with Crippen LogP contribution in [0.15, 0.2) is 71.5 Å². The molecule has 2 aromatic carbocycles. The molecule has 0 radical (unpaired) electrons. The minimum Gasteiger partial charge on any atom is -0.461 e. The number of imide groups is 1. The fourth-order valence-electron chi connectivity index (χ4n) is 5.66. The summed E-state index contributed by atoms with van der Waals surface area (Å²) in [6.07, 6.45) is 5.05. The number of nitrogens with zero attached hydrogens (tertiary/aromatic N) is 3. The average Bonchev–Trinajstić information content (AvgIpc) is 3.56. The first-order valence-corrected chi connectivity index (χ1v) is 11.1. The Morgan fingerprint density at radius 1 is 1.03 bits per heavy atom. The summed E-state index contributed by atoms with van der Waals surface area (Å²) in [6, 6.07) is 13.3. The molecular formula is C26H19N3O6. The maximum Gasteiger partial charge on any atom is 0.269 e. The molecule has 0 bridgehead atoms. The molecule has 3 aliphatic heterocycles. The van der Waals surface area contributed by atoms with Crippen molar-refractivity contribution in [2.75, 3.05) is 4.90 Å². The second-order valence-corrected chi connectivity index (χ2v) is 8.91. The average molecular weight is 469 g/mol. The van der Waals surface area contributed by atoms with Gasteiger partial charge in [0.2, 0.25) is 17.6 Å². The van der Waals surface area contributed by atoms with Gasteiger partial charge < -0.3 is 9.32 Å². The number of rotatable bonds is 4. The molecule has 9 heteroatoms. The quantitative estimate of drug-likeness (QED) is 0.246. The molecule has 9 nitrogen and oxygen atoms in total. The molecule has 0 unspecified atom stereocenters. The van der Waals surface area contributed by atoms with Crippen LogP contribution in [0.1, 0.15) is 33.3 Å². The number of furan rings is 1. The van der Waals surface area contributed by atoms with E-state index < -0.39 is 40.7 Å². The Kier molecular flexibility index (Phi) is 4.50. The highest BCUT2D eigenvalue weighted by Gasteiger charge is 2.65. The predicted molar refractivity (Wildman–Crippen MR) is 124 cm³/mol. The van der Waals surface area contributed by atoms with Gasteiger partial charge in [0.1, 0.15) is 6.04 Å². The minimum absolute atomic E-state index is 0.117. The Bertz CT molecular complexity index is 1440. The fourth-order valence-corrected chi connectivity index (χ4v) is 5.66. The Morgan fingerprint density at radius 3 is 2.51 bits per heavy atom. The van der Waals surface area contributed by atoms with E-state index >= 15 is 0 Å². The normalized spacial score (nSPS) is 24.4. The van der Waals surface area contributed by atoms with Crippen LogP contribution in [0.4, 0.5) is 11.4 Å². The molecule has 2 saturated heterocycles. The summed E-state index contributed by atoms with van der Waals surface area (Å²) in [6.45, 7) is 1.62. The van der Waals surface area contributed by atoms with Crippen LogP contribution in [0.3, 0.4) is 0 Å². The number of Topliss-reactive ketones (excluding diaryl/α,β-unsaturated/α-hetero) is 1. The third kappa shape index (κ3) is 2.91. The topological polar surface area (TPSA) is 114 Å². The first-order chi connectivity index (χ1) is 16.9. The van der Waals surface area contributed by atoms with E-state index in [0.29, 0.717) is 5.56 Å². The second kappa shape index (κ2) is 7.49. The van der Waals surface area contributed by atoms with Gasteiger partial charge in [-0.2, -0.15) is 0 Å². The predicted octanol–water partition coefficient (Wildman–Crippen LogP) is 3.89. The van der Waals surface area contributed by atoms with Crippen molar-refractivity contribution in [3.8, 4) is 0 Å². The van der Waals surface area contributed by atoms with Crippen LogP contribution < -0.4 is 4.90 Å². The van der Waals surface area contributed by atoms with Crippen molar-refractivity contribution in [3.05, 3.63) is 99.6 Å². The number of non-ortho nitro benzene ring substituents is 1. The molecular weight excluding hydrogens is 450 g/mol. The molecule has 0 aliphatic carbocycles. The van der Waals surface area contributed by atoms with E-state index in [-0.39, 0.29) is 22.9 Å². The molecule has 1 aromatic heterocycles. The SMILES string of the molecule is Cc1cc([N+](=O)[O-])ccc1N1C(=O)[C@@H]2[C@H](C1=O)[C@H]1c3ccccc3C=CN1[C@H]2C(=O)c1ccco1. The summed E-state index contributed by atoms with van der Waals surface area (Å²) in [5.74, 6) is -2.91. The zero-order valence-electron chi connectivity index (χ0n) is 18.5. The number of carbonyl (C=O) groups excluding carboxylic acids is 3. The number of carbonyl (C=O) groups is 3. The van der Waals surface area contributed by atoms with Gasteiger partial charge in [-0.15, -0.1) is 0 Å². The van der Waals surface area contributed by atoms with Gasteiger partial charge in [0.15, 0.2) is 5.76 Å². The second-order valence-electron chi connectivity index (χ2n) is 8.91. The molecule has 4 heterocycles. The monoisotopic (exact) mass is 469 g/mol. The number of amides is 2. The van der Waals surface area contributed by atoms with Gasteiger partial charge in [-0.05, 0) is 47.9 Å². The van der Waals surface area contributed by atoms with E-state index in [0.717, 1.165) is 16.0 Å². The number of anilines is 1. The highest BCUT2D eigenvalue weighted by Crippen LogP contribution is 2.54. The van der Waals surface area contributed by atoms with Gasteiger partial charge in [0, 0.05) is 18.3 Å². The van der Waals surface area contributed by atoms with Crippen molar-refractivity contribution in [1.82, 2.24) is 4.90 Å². The summed E-state index contributed by atoms with van der Waals surface area (Å²) in [5, 5.41) is 11.2. The van der Waals surface area contributed by atoms with Gasteiger partial charge in [0.05, 0.1) is 34.8 Å². The number of hydrogen-bond acceptors (Lipinski definition) is 7. The lowest BCUT2D eigenvalue weighted by Crippen LogP contribution is -2.44. The Hall–Kier alpha value is -4.53. The van der Waals surface area contributed by atoms with Crippen LogP contribution in [-0.2, 0) is 9.59 Å². The highest BCUT2D eigenvalue weighted by atomic mass is 16.6. The molecule has 6 rings (SSSR count). The van der Waals surface area contributed by atoms with E-state index in [4.69, 9.17) is 4.42 Å².